The number of hydrogen-bond acceptors (Lipinski definition) is 0. The van der Waals surface area contributed by atoms with Crippen molar-refractivity contribution in [2.75, 3.05) is 0 Å². The highest BCUT2D eigenvalue weighted by molar-refractivity contribution is 6.08. The lowest BCUT2D eigenvalue weighted by Crippen LogP contribution is -2.01. The molecule has 12 aromatic rings. The minimum absolute atomic E-state index is 1.11. The van der Waals surface area contributed by atoms with Gasteiger partial charge in [0.2, 0.25) is 0 Å². The third-order valence-electron chi connectivity index (χ3n) is 14.0. The molecule has 0 spiro atoms. The summed E-state index contributed by atoms with van der Waals surface area (Å²) in [5.41, 5.74) is 25.1. The van der Waals surface area contributed by atoms with Crippen molar-refractivity contribution in [2.24, 2.45) is 0 Å². The van der Waals surface area contributed by atoms with Crippen molar-refractivity contribution in [3.8, 4) is 89.0 Å². The Morgan fingerprint density at radius 1 is 0.122 bits per heavy atom. The lowest BCUT2D eigenvalue weighted by molar-refractivity contribution is 1.47. The van der Waals surface area contributed by atoms with Crippen molar-refractivity contribution in [2.45, 2.75) is 0 Å². The van der Waals surface area contributed by atoms with E-state index in [2.05, 4.69) is 315 Å². The molecule has 12 rings (SSSR count). The van der Waals surface area contributed by atoms with E-state index in [1.165, 1.54) is 0 Å². The Morgan fingerprint density at radius 2 is 0.243 bits per heavy atom. The van der Waals surface area contributed by atoms with Crippen LogP contribution >= 0.6 is 0 Å². The van der Waals surface area contributed by atoms with Gasteiger partial charge in [-0.25, -0.2) is 0 Å². The fourth-order valence-corrected chi connectivity index (χ4v) is 10.4. The van der Waals surface area contributed by atoms with E-state index in [9.17, 15) is 0 Å². The highest BCUT2D eigenvalue weighted by Gasteiger charge is 2.23. The molecule has 0 unspecified atom stereocenters. The molecular formula is C74H52. The van der Waals surface area contributed by atoms with E-state index in [-0.39, 0.29) is 0 Å². The Balaban J connectivity index is 1.29. The minimum Gasteiger partial charge on any atom is -0.0622 e. The van der Waals surface area contributed by atoms with E-state index >= 15 is 0 Å². The average molecular weight is 941 g/mol. The number of benzene rings is 12. The highest BCUT2D eigenvalue weighted by Crippen LogP contribution is 2.46. The van der Waals surface area contributed by atoms with Crippen LogP contribution in [0.2, 0.25) is 0 Å². The lowest BCUT2D eigenvalue weighted by Gasteiger charge is -2.23. The van der Waals surface area contributed by atoms with Crippen molar-refractivity contribution in [3.05, 3.63) is 338 Å². The van der Waals surface area contributed by atoms with Gasteiger partial charge < -0.3 is 0 Å². The molecule has 0 aliphatic rings. The molecule has 348 valence electrons. The normalized spacial score (nSPS) is 11.0. The molecule has 0 heterocycles. The zero-order valence-corrected chi connectivity index (χ0v) is 41.0. The monoisotopic (exact) mass is 940 g/mol. The molecule has 0 aliphatic carbocycles. The molecule has 0 atom stereocenters. The van der Waals surface area contributed by atoms with Gasteiger partial charge in [-0.15, -0.1) is 0 Å². The molecule has 74 heavy (non-hydrogen) atoms. The van der Waals surface area contributed by atoms with Gasteiger partial charge in [0.1, 0.15) is 0 Å². The van der Waals surface area contributed by atoms with Crippen LogP contribution in [0.5, 0.6) is 0 Å². The molecule has 0 saturated heterocycles. The zero-order valence-electron chi connectivity index (χ0n) is 41.0. The Bertz CT molecular complexity index is 3120. The van der Waals surface area contributed by atoms with Crippen LogP contribution in [0.3, 0.4) is 0 Å². The van der Waals surface area contributed by atoms with Gasteiger partial charge in [0.15, 0.2) is 0 Å². The van der Waals surface area contributed by atoms with Crippen LogP contribution in [0.4, 0.5) is 0 Å². The molecule has 0 fully saturated rings. The van der Waals surface area contributed by atoms with Crippen LogP contribution in [-0.2, 0) is 0 Å². The van der Waals surface area contributed by atoms with Crippen LogP contribution < -0.4 is 0 Å². The van der Waals surface area contributed by atoms with Crippen molar-refractivity contribution in [1.29, 1.82) is 0 Å². The third kappa shape index (κ3) is 9.86. The molecule has 0 heteroatoms. The second kappa shape index (κ2) is 21.0. The Morgan fingerprint density at radius 3 is 0.365 bits per heavy atom. The SMILES string of the molecule is c1ccc(-c2cc(C(=C(c3cc(-c4ccccc4)cc(-c4ccccc4)c3)c3cc(-c4ccccc4)cc(-c4ccccc4)c3)c3cc(-c4ccccc4)cc(-c4ccccc4)c3)cc(-c3ccccc3)c2)cc1. The summed E-state index contributed by atoms with van der Waals surface area (Å²) >= 11 is 0. The van der Waals surface area contributed by atoms with Crippen molar-refractivity contribution < 1.29 is 0 Å². The van der Waals surface area contributed by atoms with Gasteiger partial charge in [-0.3, -0.25) is 0 Å². The van der Waals surface area contributed by atoms with Crippen LogP contribution in [0.1, 0.15) is 22.3 Å². The van der Waals surface area contributed by atoms with Gasteiger partial charge in [-0.2, -0.15) is 0 Å². The van der Waals surface area contributed by atoms with Crippen molar-refractivity contribution in [3.63, 3.8) is 0 Å². The van der Waals surface area contributed by atoms with Crippen LogP contribution in [0.15, 0.2) is 315 Å². The van der Waals surface area contributed by atoms with Gasteiger partial charge in [0.05, 0.1) is 0 Å². The molecule has 0 aromatic heterocycles. The molecule has 0 amide bonds. The zero-order chi connectivity index (χ0) is 49.5. The summed E-state index contributed by atoms with van der Waals surface area (Å²) in [6.45, 7) is 0. The average Bonchev–Trinajstić information content (AvgIpc) is 3.50. The fourth-order valence-electron chi connectivity index (χ4n) is 10.4. The van der Waals surface area contributed by atoms with Crippen LogP contribution in [0.25, 0.3) is 100 Å². The maximum Gasteiger partial charge on any atom is -0.00259 e. The third-order valence-corrected chi connectivity index (χ3v) is 14.0. The second-order valence-corrected chi connectivity index (χ2v) is 18.9. The molecule has 0 nitrogen and oxygen atoms in total. The van der Waals surface area contributed by atoms with Crippen LogP contribution in [0, 0.1) is 0 Å². The molecular weight excluding hydrogens is 889 g/mol. The Labute approximate surface area is 435 Å². The maximum absolute atomic E-state index is 2.42. The quantitative estimate of drug-likeness (QED) is 0.107. The first kappa shape index (κ1) is 45.5. The smallest absolute Gasteiger partial charge is 0.00259 e. The molecule has 0 radical (unpaired) electrons. The fraction of sp³-hybridized carbons (Fsp3) is 0. The first-order valence-corrected chi connectivity index (χ1v) is 25.5. The van der Waals surface area contributed by atoms with Gasteiger partial charge >= 0.3 is 0 Å². The number of rotatable bonds is 12. The van der Waals surface area contributed by atoms with E-state index in [4.69, 9.17) is 0 Å². The summed E-state index contributed by atoms with van der Waals surface area (Å²) in [4.78, 5) is 0. The summed E-state index contributed by atoms with van der Waals surface area (Å²) < 4.78 is 0. The van der Waals surface area contributed by atoms with E-state index in [1.807, 2.05) is 0 Å². The first-order chi connectivity index (χ1) is 36.7. The Kier molecular flexibility index (Phi) is 12.9. The molecule has 12 aromatic carbocycles. The largest absolute Gasteiger partial charge is 0.0622 e. The van der Waals surface area contributed by atoms with Crippen molar-refractivity contribution >= 4 is 11.1 Å². The minimum atomic E-state index is 1.11. The van der Waals surface area contributed by atoms with E-state index < -0.39 is 0 Å². The standard InChI is InChI=1S/C74H52/c1-9-25-53(26-10-1)61-41-62(54-27-11-2-12-28-54)46-69(45-61)73(70-47-63(55-29-13-3-14-30-55)42-64(48-70)56-31-15-4-16-32-56)74(71-49-65(57-33-17-5-18-34-57)43-66(50-71)58-35-19-6-20-36-58)72-51-67(59-37-21-7-22-38-59)44-68(52-72)60-39-23-8-24-40-60/h1-52H. The highest BCUT2D eigenvalue weighted by atomic mass is 14.3. The van der Waals surface area contributed by atoms with E-state index in [0.717, 1.165) is 122 Å². The number of hydrogen-bond donors (Lipinski definition) is 0. The van der Waals surface area contributed by atoms with E-state index in [0.29, 0.717) is 0 Å². The summed E-state index contributed by atoms with van der Waals surface area (Å²) in [6, 6.07) is 116. The second-order valence-electron chi connectivity index (χ2n) is 18.9. The first-order valence-electron chi connectivity index (χ1n) is 25.5. The van der Waals surface area contributed by atoms with Gasteiger partial charge in [0, 0.05) is 0 Å². The van der Waals surface area contributed by atoms with Crippen LogP contribution in [-0.4, -0.2) is 0 Å². The molecule has 0 N–H and O–H groups in total. The molecule has 0 bridgehead atoms. The predicted octanol–water partition coefficient (Wildman–Crippen LogP) is 20.0. The lowest BCUT2D eigenvalue weighted by atomic mass is 9.80. The Hall–Kier alpha value is -9.62. The topological polar surface area (TPSA) is 0 Å². The van der Waals surface area contributed by atoms with Gasteiger partial charge in [-0.1, -0.05) is 243 Å². The summed E-state index contributed by atoms with van der Waals surface area (Å²) in [5.74, 6) is 0. The van der Waals surface area contributed by atoms with Gasteiger partial charge in [-0.05, 0) is 195 Å². The van der Waals surface area contributed by atoms with E-state index in [1.54, 1.807) is 0 Å². The summed E-state index contributed by atoms with van der Waals surface area (Å²) in [5, 5.41) is 0. The molecule has 0 aliphatic heterocycles. The summed E-state index contributed by atoms with van der Waals surface area (Å²) in [6.07, 6.45) is 0. The predicted molar refractivity (Wildman–Crippen MR) is 314 cm³/mol. The molecule has 0 saturated carbocycles. The van der Waals surface area contributed by atoms with Crippen molar-refractivity contribution in [1.82, 2.24) is 0 Å². The summed E-state index contributed by atoms with van der Waals surface area (Å²) in [7, 11) is 0. The van der Waals surface area contributed by atoms with Gasteiger partial charge in [0.25, 0.3) is 0 Å². The maximum atomic E-state index is 2.42.